The molecule has 0 heterocycles. The van der Waals surface area contributed by atoms with E-state index >= 15 is 0 Å². The number of hydrogen-bond donors (Lipinski definition) is 4. The number of quaternary nitrogens is 1. The Morgan fingerprint density at radius 3 is 1.23 bits per heavy atom. The van der Waals surface area contributed by atoms with Gasteiger partial charge in [0.15, 0.2) is 0 Å². The van der Waals surface area contributed by atoms with Gasteiger partial charge in [0.05, 0.1) is 39.9 Å². The molecule has 0 bridgehead atoms. The molecule has 4 atom stereocenters. The lowest BCUT2D eigenvalue weighted by Crippen LogP contribution is -2.51. The van der Waals surface area contributed by atoms with Gasteiger partial charge in [0.1, 0.15) is 19.3 Å². The summed E-state index contributed by atoms with van der Waals surface area (Å²) in [4.78, 5) is 23.3. The fraction of sp³-hybridized carbons (Fsp3) is 0.537. The standard InChI is InChI=1S/C67H107N2O7P/c1-6-8-10-12-14-16-18-20-21-22-23-24-25-26-27-28-29-30-31-32-33-34-35-36-37-38-39-40-41-42-43-44-45-46-47-48-50-52-54-56-58-60-66(71)68-64(63-76-77(73,74)75-62-61-69(3,4)5)67(72)65(70)59-57-55-53-51-49-19-17-15-13-11-9-7-2/h7-10,14-17,20-21,23-24,26-27,29-30,32-33,35-36,38-39,41-42,44-45,47-48,51,53,64-65,67,70,72H,6,11-13,18-19,22,25,28,31,34,37,40,43,46,49-50,52,54-63H2,1-5H3,(H-,68,71,73,74)/p+1/b9-7+,10-8-,16-14-,17-15+,21-20-,24-23-,27-26-,30-29-,33-32-,36-35-,39-38-,42-41-,45-44-,48-47-,53-51+. The van der Waals surface area contributed by atoms with Gasteiger partial charge in [-0.15, -0.1) is 0 Å². The molecule has 0 rings (SSSR count). The van der Waals surface area contributed by atoms with Crippen molar-refractivity contribution in [1.29, 1.82) is 0 Å². The largest absolute Gasteiger partial charge is 0.472 e. The summed E-state index contributed by atoms with van der Waals surface area (Å²) in [6, 6.07) is -1.09. The van der Waals surface area contributed by atoms with Crippen LogP contribution in [0, 0.1) is 0 Å². The summed E-state index contributed by atoms with van der Waals surface area (Å²) in [5, 5.41) is 24.7. The third kappa shape index (κ3) is 56.1. The van der Waals surface area contributed by atoms with E-state index in [2.05, 4.69) is 195 Å². The number of aliphatic hydroxyl groups excluding tert-OH is 2. The SMILES string of the molecule is C/C=C/CC/C=C/CC/C=C/CCCC(O)C(O)C(COP(=O)(O)OCC[N+](C)(C)C)NC(=O)CCCCCC/C=C\C/C=C\C/C=C\C/C=C\C/C=C\C/C=C\C/C=C\C/C=C\C/C=C\C/C=C\C/C=C\C/C=C\CC. The number of aliphatic hydroxyl groups is 2. The number of rotatable bonds is 50. The van der Waals surface area contributed by atoms with Crippen LogP contribution in [0.2, 0.25) is 0 Å². The summed E-state index contributed by atoms with van der Waals surface area (Å²) in [6.07, 6.45) is 85.8. The predicted octanol–water partition coefficient (Wildman–Crippen LogP) is 17.2. The molecule has 1 amide bonds. The van der Waals surface area contributed by atoms with Gasteiger partial charge in [-0.3, -0.25) is 13.8 Å². The molecular weight excluding hydrogens is 976 g/mol. The molecule has 0 saturated heterocycles. The number of hydrogen-bond acceptors (Lipinski definition) is 6. The Bertz CT molecular complexity index is 1920. The maximum absolute atomic E-state index is 13.0. The molecule has 0 spiro atoms. The summed E-state index contributed by atoms with van der Waals surface area (Å²) < 4.78 is 23.5. The van der Waals surface area contributed by atoms with Crippen molar-refractivity contribution in [3.05, 3.63) is 182 Å². The summed E-state index contributed by atoms with van der Waals surface area (Å²) in [6.45, 7) is 4.19. The normalized spacial score (nSPS) is 15.6. The Balaban J connectivity index is 4.27. The molecule has 0 radical (unpaired) electrons. The maximum Gasteiger partial charge on any atom is 0.472 e. The van der Waals surface area contributed by atoms with Gasteiger partial charge in [-0.2, -0.15) is 0 Å². The van der Waals surface area contributed by atoms with Crippen LogP contribution in [0.4, 0.5) is 0 Å². The number of phosphoric ester groups is 1. The quantitative estimate of drug-likeness (QED) is 0.0207. The molecule has 0 aromatic rings. The number of phosphoric acid groups is 1. The van der Waals surface area contributed by atoms with Crippen LogP contribution in [-0.2, 0) is 18.4 Å². The van der Waals surface area contributed by atoms with Crippen LogP contribution in [0.1, 0.15) is 174 Å². The Labute approximate surface area is 470 Å². The van der Waals surface area contributed by atoms with E-state index in [9.17, 15) is 24.5 Å². The fourth-order valence-electron chi connectivity index (χ4n) is 7.22. The lowest BCUT2D eigenvalue weighted by molar-refractivity contribution is -0.870. The van der Waals surface area contributed by atoms with Crippen molar-refractivity contribution in [2.75, 3.05) is 40.9 Å². The highest BCUT2D eigenvalue weighted by atomic mass is 31.2. The van der Waals surface area contributed by atoms with Crippen LogP contribution in [0.3, 0.4) is 0 Å². The van der Waals surface area contributed by atoms with Crippen molar-refractivity contribution in [2.24, 2.45) is 0 Å². The van der Waals surface area contributed by atoms with Crippen LogP contribution in [0.15, 0.2) is 182 Å². The molecular formula is C67H108N2O7P+. The van der Waals surface area contributed by atoms with Gasteiger partial charge in [0, 0.05) is 6.42 Å². The zero-order valence-electron chi connectivity index (χ0n) is 48.7. The van der Waals surface area contributed by atoms with E-state index in [1.54, 1.807) is 0 Å². The third-order valence-corrected chi connectivity index (χ3v) is 12.8. The summed E-state index contributed by atoms with van der Waals surface area (Å²) in [5.41, 5.74) is 0. The van der Waals surface area contributed by atoms with Crippen molar-refractivity contribution >= 4 is 13.7 Å². The highest BCUT2D eigenvalue weighted by molar-refractivity contribution is 7.47. The first kappa shape index (κ1) is 72.6. The first-order chi connectivity index (χ1) is 37.4. The molecule has 0 aliphatic rings. The predicted molar refractivity (Wildman–Crippen MR) is 332 cm³/mol. The minimum atomic E-state index is -4.46. The van der Waals surface area contributed by atoms with E-state index in [0.29, 0.717) is 30.3 Å². The van der Waals surface area contributed by atoms with E-state index in [1.165, 1.54) is 0 Å². The first-order valence-corrected chi connectivity index (χ1v) is 30.7. The van der Waals surface area contributed by atoms with Crippen molar-refractivity contribution < 1.29 is 38.0 Å². The Morgan fingerprint density at radius 1 is 0.481 bits per heavy atom. The van der Waals surface area contributed by atoms with E-state index in [-0.39, 0.29) is 18.9 Å². The van der Waals surface area contributed by atoms with Gasteiger partial charge in [-0.1, -0.05) is 202 Å². The van der Waals surface area contributed by atoms with Crippen molar-refractivity contribution in [2.45, 2.75) is 193 Å². The summed E-state index contributed by atoms with van der Waals surface area (Å²) in [7, 11) is 1.35. The Morgan fingerprint density at radius 2 is 0.831 bits per heavy atom. The van der Waals surface area contributed by atoms with Gasteiger partial charge in [0.25, 0.3) is 0 Å². The lowest BCUT2D eigenvalue weighted by atomic mass is 10.0. The van der Waals surface area contributed by atoms with Crippen molar-refractivity contribution in [3.63, 3.8) is 0 Å². The first-order valence-electron chi connectivity index (χ1n) is 29.2. The average Bonchev–Trinajstić information content (AvgIpc) is 3.39. The number of carbonyl (C=O) groups excluding carboxylic acids is 1. The number of nitrogens with zero attached hydrogens (tertiary/aromatic N) is 1. The lowest BCUT2D eigenvalue weighted by Gasteiger charge is -2.28. The van der Waals surface area contributed by atoms with Crippen molar-refractivity contribution in [3.8, 4) is 0 Å². The number of allylic oxidation sites excluding steroid dienone is 30. The Hall–Kier alpha value is -4.44. The van der Waals surface area contributed by atoms with E-state index < -0.39 is 32.7 Å². The topological polar surface area (TPSA) is 125 Å². The minimum Gasteiger partial charge on any atom is -0.390 e. The second-order valence-electron chi connectivity index (χ2n) is 20.1. The molecule has 9 nitrogen and oxygen atoms in total. The summed E-state index contributed by atoms with van der Waals surface area (Å²) >= 11 is 0. The highest BCUT2D eigenvalue weighted by Crippen LogP contribution is 2.43. The molecule has 77 heavy (non-hydrogen) atoms. The van der Waals surface area contributed by atoms with Crippen LogP contribution in [0.5, 0.6) is 0 Å². The van der Waals surface area contributed by atoms with Gasteiger partial charge in [-0.25, -0.2) is 4.57 Å². The van der Waals surface area contributed by atoms with Gasteiger partial charge < -0.3 is 24.9 Å². The number of likely N-dealkylation sites (N-methyl/N-ethyl adjacent to an activating group) is 1. The maximum atomic E-state index is 13.0. The molecule has 0 aromatic carbocycles. The van der Waals surface area contributed by atoms with E-state index in [1.807, 2.05) is 28.1 Å². The fourth-order valence-corrected chi connectivity index (χ4v) is 7.96. The van der Waals surface area contributed by atoms with E-state index in [4.69, 9.17) is 9.05 Å². The second-order valence-corrected chi connectivity index (χ2v) is 21.5. The zero-order valence-corrected chi connectivity index (χ0v) is 49.6. The molecule has 0 saturated carbocycles. The minimum absolute atomic E-state index is 0.00354. The molecule has 4 unspecified atom stereocenters. The van der Waals surface area contributed by atoms with Gasteiger partial charge >= 0.3 is 7.82 Å². The molecule has 10 heteroatoms. The summed E-state index contributed by atoms with van der Waals surface area (Å²) in [5.74, 6) is -0.309. The van der Waals surface area contributed by atoms with Crippen molar-refractivity contribution in [1.82, 2.24) is 5.32 Å². The molecule has 0 aromatic heterocycles. The highest BCUT2D eigenvalue weighted by Gasteiger charge is 2.31. The molecule has 432 valence electrons. The van der Waals surface area contributed by atoms with Crippen LogP contribution < -0.4 is 5.32 Å². The number of nitrogens with one attached hydrogen (secondary N) is 1. The molecule has 0 fully saturated rings. The van der Waals surface area contributed by atoms with Crippen LogP contribution in [0.25, 0.3) is 0 Å². The average molecular weight is 1080 g/mol. The van der Waals surface area contributed by atoms with Crippen LogP contribution >= 0.6 is 7.82 Å². The third-order valence-electron chi connectivity index (χ3n) is 11.8. The number of carbonyl (C=O) groups is 1. The molecule has 4 N–H and O–H groups in total. The number of amides is 1. The van der Waals surface area contributed by atoms with E-state index in [0.717, 1.165) is 135 Å². The molecule has 0 aliphatic heterocycles. The smallest absolute Gasteiger partial charge is 0.390 e. The molecule has 0 aliphatic carbocycles. The zero-order chi connectivity index (χ0) is 56.4. The van der Waals surface area contributed by atoms with Crippen LogP contribution in [-0.4, -0.2) is 84.6 Å². The van der Waals surface area contributed by atoms with Gasteiger partial charge in [0.2, 0.25) is 5.91 Å². The Kier molecular flexibility index (Phi) is 51.7. The monoisotopic (exact) mass is 1080 g/mol. The van der Waals surface area contributed by atoms with Gasteiger partial charge in [-0.05, 0) is 148 Å². The second kappa shape index (κ2) is 54.9. The number of unbranched alkanes of at least 4 members (excludes halogenated alkanes) is 7.